The lowest BCUT2D eigenvalue weighted by Crippen LogP contribution is -2.24. The van der Waals surface area contributed by atoms with Gasteiger partial charge in [-0.2, -0.15) is 11.8 Å². The Morgan fingerprint density at radius 1 is 1.28 bits per heavy atom. The van der Waals surface area contributed by atoms with Gasteiger partial charge in [0.15, 0.2) is 0 Å². The molecule has 0 unspecified atom stereocenters. The average Bonchev–Trinajstić information content (AvgIpc) is 2.37. The molecule has 0 aliphatic carbocycles. The summed E-state index contributed by atoms with van der Waals surface area (Å²) in [6, 6.07) is 7.47. The molecule has 0 saturated carbocycles. The predicted molar refractivity (Wildman–Crippen MR) is 83.3 cm³/mol. The van der Waals surface area contributed by atoms with E-state index in [0.717, 1.165) is 17.4 Å². The number of rotatable bonds is 8. The first-order chi connectivity index (χ1) is 8.74. The first kappa shape index (κ1) is 15.6. The van der Waals surface area contributed by atoms with Crippen molar-refractivity contribution in [1.29, 1.82) is 0 Å². The van der Waals surface area contributed by atoms with E-state index in [1.165, 1.54) is 25.0 Å². The fraction of sp³-hybridized carbons (Fsp3) is 0.500. The highest BCUT2D eigenvalue weighted by molar-refractivity contribution is 9.10. The maximum absolute atomic E-state index is 11.8. The third kappa shape index (κ3) is 6.45. The van der Waals surface area contributed by atoms with E-state index < -0.39 is 0 Å². The van der Waals surface area contributed by atoms with E-state index in [1.54, 1.807) is 0 Å². The van der Waals surface area contributed by atoms with Crippen molar-refractivity contribution < 1.29 is 4.79 Å². The molecule has 0 saturated heterocycles. The van der Waals surface area contributed by atoms with Crippen LogP contribution in [0.1, 0.15) is 36.0 Å². The summed E-state index contributed by atoms with van der Waals surface area (Å²) in [6.07, 6.45) is 6.93. The Kier molecular flexibility index (Phi) is 8.18. The van der Waals surface area contributed by atoms with Crippen LogP contribution in [0.15, 0.2) is 28.7 Å². The lowest BCUT2D eigenvalue weighted by Gasteiger charge is -2.05. The van der Waals surface area contributed by atoms with Crippen LogP contribution < -0.4 is 5.32 Å². The Bertz CT molecular complexity index is 371. The molecule has 1 amide bonds. The average molecular weight is 330 g/mol. The van der Waals surface area contributed by atoms with Gasteiger partial charge in [-0.25, -0.2) is 0 Å². The SMILES string of the molecule is CSCCCCCCNC(=O)c1cccc(Br)c1. The topological polar surface area (TPSA) is 29.1 Å². The van der Waals surface area contributed by atoms with E-state index in [0.29, 0.717) is 5.56 Å². The lowest BCUT2D eigenvalue weighted by atomic mass is 10.2. The van der Waals surface area contributed by atoms with Gasteiger partial charge >= 0.3 is 0 Å². The van der Waals surface area contributed by atoms with Crippen molar-refractivity contribution in [2.75, 3.05) is 18.6 Å². The zero-order valence-corrected chi connectivity index (χ0v) is 13.1. The summed E-state index contributed by atoms with van der Waals surface area (Å²) in [4.78, 5) is 11.8. The summed E-state index contributed by atoms with van der Waals surface area (Å²) in [7, 11) is 0. The Labute approximate surface area is 122 Å². The number of unbranched alkanes of at least 4 members (excludes halogenated alkanes) is 3. The van der Waals surface area contributed by atoms with Crippen molar-refractivity contribution in [2.45, 2.75) is 25.7 Å². The Hall–Kier alpha value is -0.480. The Balaban J connectivity index is 2.14. The van der Waals surface area contributed by atoms with Crippen molar-refractivity contribution in [3.8, 4) is 0 Å². The van der Waals surface area contributed by atoms with Crippen molar-refractivity contribution in [2.24, 2.45) is 0 Å². The van der Waals surface area contributed by atoms with Crippen molar-refractivity contribution in [3.63, 3.8) is 0 Å². The molecular weight excluding hydrogens is 310 g/mol. The molecule has 1 aromatic rings. The summed E-state index contributed by atoms with van der Waals surface area (Å²) in [6.45, 7) is 0.768. The van der Waals surface area contributed by atoms with Gasteiger partial charge in [0, 0.05) is 16.6 Å². The van der Waals surface area contributed by atoms with E-state index in [1.807, 2.05) is 36.0 Å². The van der Waals surface area contributed by atoms with Crippen LogP contribution in [0.25, 0.3) is 0 Å². The van der Waals surface area contributed by atoms with Gasteiger partial charge < -0.3 is 5.32 Å². The van der Waals surface area contributed by atoms with Gasteiger partial charge in [0.05, 0.1) is 0 Å². The van der Waals surface area contributed by atoms with E-state index in [2.05, 4.69) is 27.5 Å². The number of nitrogens with one attached hydrogen (secondary N) is 1. The van der Waals surface area contributed by atoms with Crippen LogP contribution in [-0.2, 0) is 0 Å². The van der Waals surface area contributed by atoms with Crippen molar-refractivity contribution in [1.82, 2.24) is 5.32 Å². The monoisotopic (exact) mass is 329 g/mol. The molecule has 0 spiro atoms. The summed E-state index contributed by atoms with van der Waals surface area (Å²) in [5.74, 6) is 1.25. The number of carbonyl (C=O) groups excluding carboxylic acids is 1. The molecule has 0 fully saturated rings. The molecule has 0 aliphatic heterocycles. The van der Waals surface area contributed by atoms with Gasteiger partial charge in [0.1, 0.15) is 0 Å². The molecule has 1 aromatic carbocycles. The largest absolute Gasteiger partial charge is 0.352 e. The first-order valence-corrected chi connectivity index (χ1v) is 8.45. The fourth-order valence-corrected chi connectivity index (χ4v) is 2.55. The van der Waals surface area contributed by atoms with Gasteiger partial charge in [0.2, 0.25) is 0 Å². The van der Waals surface area contributed by atoms with E-state index in [4.69, 9.17) is 0 Å². The minimum absolute atomic E-state index is 0.0143. The molecule has 100 valence electrons. The maximum Gasteiger partial charge on any atom is 0.251 e. The highest BCUT2D eigenvalue weighted by atomic mass is 79.9. The first-order valence-electron chi connectivity index (χ1n) is 6.26. The minimum atomic E-state index is 0.0143. The van der Waals surface area contributed by atoms with Crippen LogP contribution in [0.4, 0.5) is 0 Å². The number of halogens is 1. The number of thioether (sulfide) groups is 1. The standard InChI is InChI=1S/C14H20BrNOS/c1-18-10-5-3-2-4-9-16-14(17)12-7-6-8-13(15)11-12/h6-8,11H,2-5,9-10H2,1H3,(H,16,17). The quantitative estimate of drug-likeness (QED) is 0.727. The molecular formula is C14H20BrNOS. The third-order valence-corrected chi connectivity index (χ3v) is 3.84. The summed E-state index contributed by atoms with van der Waals surface area (Å²) >= 11 is 5.26. The molecule has 0 radical (unpaired) electrons. The van der Waals surface area contributed by atoms with Crippen molar-refractivity contribution in [3.05, 3.63) is 34.3 Å². The van der Waals surface area contributed by atoms with Gasteiger partial charge in [-0.1, -0.05) is 34.8 Å². The molecule has 4 heteroatoms. The Morgan fingerprint density at radius 3 is 2.78 bits per heavy atom. The summed E-state index contributed by atoms with van der Waals surface area (Å²) < 4.78 is 0.937. The zero-order chi connectivity index (χ0) is 13.2. The molecule has 0 bridgehead atoms. The molecule has 1 rings (SSSR count). The van der Waals surface area contributed by atoms with Crippen LogP contribution in [-0.4, -0.2) is 24.5 Å². The fourth-order valence-electron chi connectivity index (χ4n) is 1.66. The number of hydrogen-bond donors (Lipinski definition) is 1. The van der Waals surface area contributed by atoms with Crippen molar-refractivity contribution >= 4 is 33.6 Å². The number of amides is 1. The second-order valence-electron chi connectivity index (χ2n) is 4.17. The second-order valence-corrected chi connectivity index (χ2v) is 6.07. The highest BCUT2D eigenvalue weighted by Gasteiger charge is 2.04. The molecule has 0 heterocycles. The van der Waals surface area contributed by atoms with Gasteiger partial charge in [-0.3, -0.25) is 4.79 Å². The number of benzene rings is 1. The zero-order valence-electron chi connectivity index (χ0n) is 10.7. The smallest absolute Gasteiger partial charge is 0.251 e. The van der Waals surface area contributed by atoms with Crippen LogP contribution in [0, 0.1) is 0 Å². The highest BCUT2D eigenvalue weighted by Crippen LogP contribution is 2.11. The number of carbonyl (C=O) groups is 1. The number of hydrogen-bond acceptors (Lipinski definition) is 2. The molecule has 0 aromatic heterocycles. The third-order valence-electron chi connectivity index (χ3n) is 2.65. The minimum Gasteiger partial charge on any atom is -0.352 e. The molecule has 1 N–H and O–H groups in total. The summed E-state index contributed by atoms with van der Waals surface area (Å²) in [5.41, 5.74) is 0.715. The Morgan fingerprint density at radius 2 is 2.06 bits per heavy atom. The normalized spacial score (nSPS) is 10.3. The van der Waals surface area contributed by atoms with Gasteiger partial charge in [-0.05, 0) is 43.0 Å². The van der Waals surface area contributed by atoms with Gasteiger partial charge in [0.25, 0.3) is 5.91 Å². The van der Waals surface area contributed by atoms with E-state index >= 15 is 0 Å². The molecule has 0 atom stereocenters. The second kappa shape index (κ2) is 9.45. The molecule has 2 nitrogen and oxygen atoms in total. The van der Waals surface area contributed by atoms with E-state index in [-0.39, 0.29) is 5.91 Å². The van der Waals surface area contributed by atoms with Crippen LogP contribution in [0.5, 0.6) is 0 Å². The van der Waals surface area contributed by atoms with Crippen LogP contribution in [0.3, 0.4) is 0 Å². The van der Waals surface area contributed by atoms with E-state index in [9.17, 15) is 4.79 Å². The molecule has 18 heavy (non-hydrogen) atoms. The lowest BCUT2D eigenvalue weighted by molar-refractivity contribution is 0.0953. The maximum atomic E-state index is 11.8. The molecule has 0 aliphatic rings. The van der Waals surface area contributed by atoms with Gasteiger partial charge in [-0.15, -0.1) is 0 Å². The predicted octanol–water partition coefficient (Wildman–Crippen LogP) is 4.10. The van der Waals surface area contributed by atoms with Crippen LogP contribution in [0.2, 0.25) is 0 Å². The van der Waals surface area contributed by atoms with Crippen LogP contribution >= 0.6 is 27.7 Å². The summed E-state index contributed by atoms with van der Waals surface area (Å²) in [5, 5.41) is 2.95.